The summed E-state index contributed by atoms with van der Waals surface area (Å²) in [5.74, 6) is -0.905. The molecule has 0 aromatic heterocycles. The number of benzene rings is 2. The molecule has 0 radical (unpaired) electrons. The van der Waals surface area contributed by atoms with E-state index >= 15 is 0 Å². The first-order chi connectivity index (χ1) is 9.56. The molecule has 0 atom stereocenters. The lowest BCUT2D eigenvalue weighted by atomic mass is 10.1. The first-order valence-corrected chi connectivity index (χ1v) is 6.23. The molecule has 0 heterocycles. The highest BCUT2D eigenvalue weighted by Crippen LogP contribution is 2.13. The quantitative estimate of drug-likeness (QED) is 0.818. The van der Waals surface area contributed by atoms with Crippen molar-refractivity contribution in [1.82, 2.24) is 0 Å². The molecule has 0 fully saturated rings. The largest absolute Gasteiger partial charge is 0.478 e. The molecule has 4 heteroatoms. The number of anilines is 1. The molecule has 0 aliphatic carbocycles. The van der Waals surface area contributed by atoms with Gasteiger partial charge in [-0.2, -0.15) is 0 Å². The molecule has 0 amide bonds. The summed E-state index contributed by atoms with van der Waals surface area (Å²) in [5, 5.41) is 12.0. The van der Waals surface area contributed by atoms with Gasteiger partial charge < -0.3 is 10.4 Å². The van der Waals surface area contributed by atoms with E-state index in [2.05, 4.69) is 5.32 Å². The fraction of sp³-hybridized carbons (Fsp3) is 0.125. The van der Waals surface area contributed by atoms with E-state index in [4.69, 9.17) is 5.11 Å². The van der Waals surface area contributed by atoms with Crippen molar-refractivity contribution in [3.63, 3.8) is 0 Å². The third kappa shape index (κ3) is 3.45. The van der Waals surface area contributed by atoms with Gasteiger partial charge in [-0.05, 0) is 36.8 Å². The Morgan fingerprint density at radius 3 is 2.35 bits per heavy atom. The van der Waals surface area contributed by atoms with Crippen LogP contribution < -0.4 is 5.32 Å². The van der Waals surface area contributed by atoms with E-state index < -0.39 is 5.97 Å². The fourth-order valence-corrected chi connectivity index (χ4v) is 1.82. The zero-order chi connectivity index (χ0) is 14.5. The molecule has 2 aromatic carbocycles. The van der Waals surface area contributed by atoms with Crippen LogP contribution in [-0.2, 0) is 6.54 Å². The summed E-state index contributed by atoms with van der Waals surface area (Å²) >= 11 is 0. The van der Waals surface area contributed by atoms with Gasteiger partial charge in [-0.25, -0.2) is 4.79 Å². The van der Waals surface area contributed by atoms with Crippen LogP contribution in [0, 0.1) is 0 Å². The Hall–Kier alpha value is -2.62. The predicted octanol–water partition coefficient (Wildman–Crippen LogP) is 3.20. The smallest absolute Gasteiger partial charge is 0.335 e. The third-order valence-corrected chi connectivity index (χ3v) is 2.97. The van der Waals surface area contributed by atoms with Crippen LogP contribution in [0.5, 0.6) is 0 Å². The Morgan fingerprint density at radius 1 is 1.05 bits per heavy atom. The van der Waals surface area contributed by atoms with Gasteiger partial charge in [0.05, 0.1) is 5.56 Å². The average Bonchev–Trinajstić information content (AvgIpc) is 2.46. The fourth-order valence-electron chi connectivity index (χ4n) is 1.82. The lowest BCUT2D eigenvalue weighted by Crippen LogP contribution is -2.02. The van der Waals surface area contributed by atoms with Gasteiger partial charge in [-0.15, -0.1) is 0 Å². The number of carboxylic acids is 1. The number of rotatable bonds is 5. The topological polar surface area (TPSA) is 66.4 Å². The lowest BCUT2D eigenvalue weighted by molar-refractivity contribution is 0.0696. The Bertz CT molecular complexity index is 632. The van der Waals surface area contributed by atoms with E-state index in [-0.39, 0.29) is 11.3 Å². The molecule has 2 rings (SSSR count). The molecular formula is C16H15NO3. The van der Waals surface area contributed by atoms with E-state index in [0.29, 0.717) is 12.1 Å². The van der Waals surface area contributed by atoms with Crippen molar-refractivity contribution in [1.29, 1.82) is 0 Å². The molecule has 0 saturated carbocycles. The summed E-state index contributed by atoms with van der Waals surface area (Å²) in [7, 11) is 0. The van der Waals surface area contributed by atoms with Gasteiger partial charge in [-0.1, -0.05) is 24.3 Å². The van der Waals surface area contributed by atoms with Crippen LogP contribution in [0.1, 0.15) is 33.2 Å². The Balaban J connectivity index is 2.03. The minimum atomic E-state index is -0.932. The van der Waals surface area contributed by atoms with Crippen molar-refractivity contribution in [3.05, 3.63) is 65.2 Å². The zero-order valence-corrected chi connectivity index (χ0v) is 11.1. The molecule has 2 aromatic rings. The number of ketones is 1. The minimum absolute atomic E-state index is 0.0273. The summed E-state index contributed by atoms with van der Waals surface area (Å²) in [5.41, 5.74) is 2.77. The molecule has 0 aliphatic rings. The summed E-state index contributed by atoms with van der Waals surface area (Å²) in [6.45, 7) is 2.10. The van der Waals surface area contributed by atoms with Crippen LogP contribution in [0.25, 0.3) is 0 Å². The maximum atomic E-state index is 11.3. The van der Waals surface area contributed by atoms with E-state index in [1.54, 1.807) is 36.4 Å². The highest BCUT2D eigenvalue weighted by atomic mass is 16.4. The van der Waals surface area contributed by atoms with Crippen LogP contribution in [0.4, 0.5) is 5.69 Å². The van der Waals surface area contributed by atoms with Crippen molar-refractivity contribution in [2.75, 3.05) is 5.32 Å². The summed E-state index contributed by atoms with van der Waals surface area (Å²) in [6, 6.07) is 14.0. The predicted molar refractivity (Wildman–Crippen MR) is 77.2 cm³/mol. The number of nitrogens with one attached hydrogen (secondary N) is 1. The third-order valence-electron chi connectivity index (χ3n) is 2.97. The molecular weight excluding hydrogens is 254 g/mol. The maximum Gasteiger partial charge on any atom is 0.335 e. The molecule has 0 saturated heterocycles. The molecule has 4 nitrogen and oxygen atoms in total. The molecule has 0 aliphatic heterocycles. The molecule has 0 bridgehead atoms. The summed E-state index contributed by atoms with van der Waals surface area (Å²) in [6.07, 6.45) is 0. The van der Waals surface area contributed by atoms with E-state index in [1.165, 1.54) is 6.92 Å². The van der Waals surface area contributed by atoms with Crippen molar-refractivity contribution in [2.45, 2.75) is 13.5 Å². The number of Topliss-reactive ketones (excluding diaryl/α,β-unsaturated/α-hetero) is 1. The lowest BCUT2D eigenvalue weighted by Gasteiger charge is -2.08. The number of hydrogen-bond acceptors (Lipinski definition) is 3. The summed E-state index contributed by atoms with van der Waals surface area (Å²) in [4.78, 5) is 22.0. The van der Waals surface area contributed by atoms with Crippen LogP contribution in [-0.4, -0.2) is 16.9 Å². The van der Waals surface area contributed by atoms with Gasteiger partial charge >= 0.3 is 5.97 Å². The number of aromatic carboxylic acids is 1. The number of carbonyl (C=O) groups excluding carboxylic acids is 1. The second-order valence-electron chi connectivity index (χ2n) is 4.49. The number of carboxylic acid groups (broad SMARTS) is 1. The first kappa shape index (κ1) is 13.8. The minimum Gasteiger partial charge on any atom is -0.478 e. The van der Waals surface area contributed by atoms with Crippen LogP contribution in [0.15, 0.2) is 48.5 Å². The van der Waals surface area contributed by atoms with E-state index in [1.807, 2.05) is 12.1 Å². The Labute approximate surface area is 117 Å². The van der Waals surface area contributed by atoms with Crippen molar-refractivity contribution >= 4 is 17.4 Å². The summed E-state index contributed by atoms with van der Waals surface area (Å²) < 4.78 is 0. The number of hydrogen-bond donors (Lipinski definition) is 2. The van der Waals surface area contributed by atoms with E-state index in [0.717, 1.165) is 11.3 Å². The van der Waals surface area contributed by atoms with Crippen LogP contribution >= 0.6 is 0 Å². The Morgan fingerprint density at radius 2 is 1.75 bits per heavy atom. The average molecular weight is 269 g/mol. The molecule has 0 unspecified atom stereocenters. The van der Waals surface area contributed by atoms with E-state index in [9.17, 15) is 9.59 Å². The highest BCUT2D eigenvalue weighted by Gasteiger charge is 2.03. The molecule has 0 spiro atoms. The molecule has 102 valence electrons. The second-order valence-corrected chi connectivity index (χ2v) is 4.49. The SMILES string of the molecule is CC(=O)c1cccc(NCc2ccc(C(=O)O)cc2)c1. The van der Waals surface area contributed by atoms with Gasteiger partial charge in [-0.3, -0.25) is 4.79 Å². The maximum absolute atomic E-state index is 11.3. The molecule has 2 N–H and O–H groups in total. The standard InChI is InChI=1S/C16H15NO3/c1-11(18)14-3-2-4-15(9-14)17-10-12-5-7-13(8-6-12)16(19)20/h2-9,17H,10H2,1H3,(H,19,20). The normalized spacial score (nSPS) is 10.1. The highest BCUT2D eigenvalue weighted by molar-refractivity contribution is 5.94. The monoisotopic (exact) mass is 269 g/mol. The molecule has 20 heavy (non-hydrogen) atoms. The van der Waals surface area contributed by atoms with Gasteiger partial charge in [0.1, 0.15) is 0 Å². The number of carbonyl (C=O) groups is 2. The van der Waals surface area contributed by atoms with Gasteiger partial charge in [0.25, 0.3) is 0 Å². The van der Waals surface area contributed by atoms with Crippen LogP contribution in [0.2, 0.25) is 0 Å². The van der Waals surface area contributed by atoms with Crippen LogP contribution in [0.3, 0.4) is 0 Å². The van der Waals surface area contributed by atoms with Gasteiger partial charge in [0.2, 0.25) is 0 Å². The van der Waals surface area contributed by atoms with Crippen molar-refractivity contribution < 1.29 is 14.7 Å². The Kier molecular flexibility index (Phi) is 4.15. The zero-order valence-electron chi connectivity index (χ0n) is 11.1. The van der Waals surface area contributed by atoms with Gasteiger partial charge in [0, 0.05) is 17.8 Å². The second kappa shape index (κ2) is 6.02. The van der Waals surface area contributed by atoms with Gasteiger partial charge in [0.15, 0.2) is 5.78 Å². The van der Waals surface area contributed by atoms with Crippen molar-refractivity contribution in [3.8, 4) is 0 Å². The first-order valence-electron chi connectivity index (χ1n) is 6.23. The van der Waals surface area contributed by atoms with Crippen molar-refractivity contribution in [2.24, 2.45) is 0 Å².